The third kappa shape index (κ3) is 2.47. The molecule has 0 spiro atoms. The van der Waals surface area contributed by atoms with Crippen molar-refractivity contribution in [3.63, 3.8) is 0 Å². The molecular formula is C18H18N2O5. The molecule has 25 heavy (non-hydrogen) atoms. The Labute approximate surface area is 143 Å². The molecular weight excluding hydrogens is 324 g/mol. The van der Waals surface area contributed by atoms with Gasteiger partial charge < -0.3 is 10.2 Å². The lowest BCUT2D eigenvalue weighted by molar-refractivity contribution is -0.153. The quantitative estimate of drug-likeness (QED) is 0.482. The number of benzene rings is 1. The molecule has 7 nitrogen and oxygen atoms in total. The molecule has 0 heterocycles. The van der Waals surface area contributed by atoms with E-state index in [9.17, 15) is 24.6 Å². The Morgan fingerprint density at radius 1 is 0.960 bits per heavy atom. The van der Waals surface area contributed by atoms with Gasteiger partial charge in [0.2, 0.25) is 5.91 Å². The van der Waals surface area contributed by atoms with Crippen molar-refractivity contribution in [3.8, 4) is 5.75 Å². The number of rotatable bonds is 3. The van der Waals surface area contributed by atoms with E-state index >= 15 is 0 Å². The molecule has 1 aromatic carbocycles. The summed E-state index contributed by atoms with van der Waals surface area (Å²) in [6, 6.07) is 5.97. The van der Waals surface area contributed by atoms with Gasteiger partial charge in [0.25, 0.3) is 5.91 Å². The van der Waals surface area contributed by atoms with Crippen molar-refractivity contribution >= 4 is 17.8 Å². The lowest BCUT2D eigenvalue weighted by Crippen LogP contribution is -2.53. The minimum Gasteiger partial charge on any atom is -0.507 e. The van der Waals surface area contributed by atoms with Crippen LogP contribution >= 0.6 is 0 Å². The topological polar surface area (TPSA) is 116 Å². The predicted octanol–water partition coefficient (Wildman–Crippen LogP) is 0.922. The highest BCUT2D eigenvalue weighted by Crippen LogP contribution is 2.63. The first kappa shape index (κ1) is 15.7. The first-order chi connectivity index (χ1) is 12.0. The molecule has 0 aliphatic heterocycles. The average Bonchev–Trinajstić information content (AvgIpc) is 3.41. The molecule has 2 bridgehead atoms. The maximum absolute atomic E-state index is 12.6. The van der Waals surface area contributed by atoms with Crippen LogP contribution in [0, 0.1) is 35.5 Å². The second-order valence-corrected chi connectivity index (χ2v) is 6.95. The average molecular weight is 342 g/mol. The predicted molar refractivity (Wildman–Crippen MR) is 86.0 cm³/mol. The summed E-state index contributed by atoms with van der Waals surface area (Å²) >= 11 is 0. The van der Waals surface area contributed by atoms with Crippen LogP contribution in [0.5, 0.6) is 5.75 Å². The smallest absolute Gasteiger partial charge is 0.307 e. The molecule has 2 amide bonds. The van der Waals surface area contributed by atoms with Crippen molar-refractivity contribution in [2.24, 2.45) is 35.5 Å². The Kier molecular flexibility index (Phi) is 3.52. The van der Waals surface area contributed by atoms with Gasteiger partial charge in [-0.05, 0) is 42.2 Å². The zero-order valence-electron chi connectivity index (χ0n) is 13.3. The number of phenolic OH excluding ortho intramolecular Hbond substituents is 1. The fraction of sp³-hybridized carbons (Fsp3) is 0.389. The number of phenols is 1. The lowest BCUT2D eigenvalue weighted by atomic mass is 9.62. The molecule has 2 fully saturated rings. The molecule has 6 unspecified atom stereocenters. The van der Waals surface area contributed by atoms with Gasteiger partial charge in [0, 0.05) is 0 Å². The monoisotopic (exact) mass is 342 g/mol. The van der Waals surface area contributed by atoms with Crippen LogP contribution in [0.1, 0.15) is 16.8 Å². The number of para-hydroxylation sites is 1. The Balaban J connectivity index is 1.47. The minimum absolute atomic E-state index is 0.0323. The van der Waals surface area contributed by atoms with Crippen LogP contribution in [0.4, 0.5) is 0 Å². The molecule has 130 valence electrons. The van der Waals surface area contributed by atoms with E-state index in [1.165, 1.54) is 12.1 Å². The highest BCUT2D eigenvalue weighted by Gasteiger charge is 2.63. The molecule has 2 saturated carbocycles. The van der Waals surface area contributed by atoms with Crippen molar-refractivity contribution in [2.75, 3.05) is 0 Å². The summed E-state index contributed by atoms with van der Waals surface area (Å²) in [5, 5.41) is 19.2. The Bertz CT molecular complexity index is 789. The first-order valence-electron chi connectivity index (χ1n) is 8.28. The van der Waals surface area contributed by atoms with E-state index in [4.69, 9.17) is 0 Å². The highest BCUT2D eigenvalue weighted by atomic mass is 16.4. The number of allylic oxidation sites excluding steroid dienone is 2. The Hall–Kier alpha value is -2.83. The highest BCUT2D eigenvalue weighted by molar-refractivity contribution is 5.98. The number of hydrogen-bond acceptors (Lipinski definition) is 4. The van der Waals surface area contributed by atoms with Crippen LogP contribution in [0.25, 0.3) is 0 Å². The van der Waals surface area contributed by atoms with Gasteiger partial charge in [-0.2, -0.15) is 0 Å². The second kappa shape index (κ2) is 5.61. The van der Waals surface area contributed by atoms with E-state index < -0.39 is 29.6 Å². The maximum Gasteiger partial charge on any atom is 0.307 e. The molecule has 5 rings (SSSR count). The summed E-state index contributed by atoms with van der Waals surface area (Å²) in [5.74, 6) is -3.25. The zero-order chi connectivity index (χ0) is 17.7. The number of carbonyl (C=O) groups excluding carboxylic acids is 2. The van der Waals surface area contributed by atoms with Gasteiger partial charge in [-0.25, -0.2) is 0 Å². The van der Waals surface area contributed by atoms with Gasteiger partial charge in [0.05, 0.1) is 17.4 Å². The number of fused-ring (bicyclic) bond motifs is 1. The third-order valence-corrected chi connectivity index (χ3v) is 5.69. The molecule has 7 heteroatoms. The van der Waals surface area contributed by atoms with Crippen LogP contribution in [0.3, 0.4) is 0 Å². The molecule has 0 aromatic heterocycles. The van der Waals surface area contributed by atoms with Crippen LogP contribution < -0.4 is 10.9 Å². The minimum atomic E-state index is -0.975. The van der Waals surface area contributed by atoms with Crippen LogP contribution in [-0.4, -0.2) is 28.0 Å². The number of aliphatic carboxylic acids is 1. The number of amides is 2. The standard InChI is InChI=1S/C18H18N2O5/c21-13-4-2-1-3-10(13)16(22)19-20-17(23)14-8-5-6-9(12-7-11(8)12)15(14)18(24)25/h1-6,8-9,11-12,14-15,21H,7H2,(H,19,22)(H,20,23)(H,24,25). The van der Waals surface area contributed by atoms with Crippen LogP contribution in [0.2, 0.25) is 0 Å². The zero-order valence-corrected chi connectivity index (χ0v) is 13.3. The first-order valence-corrected chi connectivity index (χ1v) is 8.28. The van der Waals surface area contributed by atoms with Crippen LogP contribution in [-0.2, 0) is 9.59 Å². The molecule has 4 N–H and O–H groups in total. The maximum atomic E-state index is 12.6. The largest absolute Gasteiger partial charge is 0.507 e. The number of carbonyl (C=O) groups is 3. The number of hydrogen-bond donors (Lipinski definition) is 4. The second-order valence-electron chi connectivity index (χ2n) is 6.95. The summed E-state index contributed by atoms with van der Waals surface area (Å²) in [7, 11) is 0. The number of carboxylic acids is 1. The molecule has 6 atom stereocenters. The summed E-state index contributed by atoms with van der Waals surface area (Å²) < 4.78 is 0. The van der Waals surface area contributed by atoms with Gasteiger partial charge in [-0.3, -0.25) is 25.2 Å². The van der Waals surface area contributed by atoms with Crippen molar-refractivity contribution in [1.29, 1.82) is 0 Å². The molecule has 0 radical (unpaired) electrons. The fourth-order valence-corrected chi connectivity index (χ4v) is 4.50. The van der Waals surface area contributed by atoms with Gasteiger partial charge in [-0.1, -0.05) is 24.3 Å². The van der Waals surface area contributed by atoms with E-state index in [2.05, 4.69) is 10.9 Å². The SMILES string of the molecule is O=C(NNC(=O)C1C2C=CC(C3CC23)C1C(=O)O)c1ccccc1O. The van der Waals surface area contributed by atoms with E-state index in [1.807, 2.05) is 12.2 Å². The van der Waals surface area contributed by atoms with Gasteiger partial charge >= 0.3 is 5.97 Å². The Morgan fingerprint density at radius 3 is 2.24 bits per heavy atom. The van der Waals surface area contributed by atoms with E-state index in [1.54, 1.807) is 12.1 Å². The van der Waals surface area contributed by atoms with Crippen molar-refractivity contribution in [1.82, 2.24) is 10.9 Å². The van der Waals surface area contributed by atoms with Crippen molar-refractivity contribution < 1.29 is 24.6 Å². The molecule has 0 saturated heterocycles. The van der Waals surface area contributed by atoms with E-state index in [0.717, 1.165) is 6.42 Å². The van der Waals surface area contributed by atoms with Gasteiger partial charge in [0.15, 0.2) is 0 Å². The lowest BCUT2D eigenvalue weighted by Gasteiger charge is -2.41. The molecule has 4 aliphatic carbocycles. The van der Waals surface area contributed by atoms with Crippen LogP contribution in [0.15, 0.2) is 36.4 Å². The van der Waals surface area contributed by atoms with Crippen molar-refractivity contribution in [2.45, 2.75) is 6.42 Å². The summed E-state index contributed by atoms with van der Waals surface area (Å²) in [5.41, 5.74) is 4.64. The normalized spacial score (nSPS) is 34.1. The molecule has 4 aliphatic rings. The Morgan fingerprint density at radius 2 is 1.60 bits per heavy atom. The number of carboxylic acid groups (broad SMARTS) is 1. The molecule has 1 aromatic rings. The summed E-state index contributed by atoms with van der Waals surface area (Å²) in [6.07, 6.45) is 4.84. The summed E-state index contributed by atoms with van der Waals surface area (Å²) in [4.78, 5) is 36.4. The van der Waals surface area contributed by atoms with E-state index in [0.29, 0.717) is 11.8 Å². The van der Waals surface area contributed by atoms with Gasteiger partial charge in [-0.15, -0.1) is 0 Å². The number of hydrazine groups is 1. The fourth-order valence-electron chi connectivity index (χ4n) is 4.50. The number of nitrogens with one attached hydrogen (secondary N) is 2. The van der Waals surface area contributed by atoms with Crippen molar-refractivity contribution in [3.05, 3.63) is 42.0 Å². The third-order valence-electron chi connectivity index (χ3n) is 5.69. The van der Waals surface area contributed by atoms with E-state index in [-0.39, 0.29) is 23.1 Å². The van der Waals surface area contributed by atoms with Gasteiger partial charge in [0.1, 0.15) is 5.75 Å². The summed E-state index contributed by atoms with van der Waals surface area (Å²) in [6.45, 7) is 0. The number of aromatic hydroxyl groups is 1.